The van der Waals surface area contributed by atoms with Crippen LogP contribution in [-0.4, -0.2) is 57.5 Å². The van der Waals surface area contributed by atoms with E-state index in [1.165, 1.54) is 4.90 Å². The van der Waals surface area contributed by atoms with Gasteiger partial charge in [-0.2, -0.15) is 0 Å². The number of carbonyl (C=O) groups is 1. The second kappa shape index (κ2) is 6.27. The summed E-state index contributed by atoms with van der Waals surface area (Å²) in [6.45, 7) is 1.51. The second-order valence-corrected chi connectivity index (χ2v) is 4.57. The highest BCUT2D eigenvalue weighted by molar-refractivity contribution is 6.02. The van der Waals surface area contributed by atoms with Crippen LogP contribution in [0.5, 0.6) is 11.5 Å². The number of para-hydroxylation sites is 1. The number of amides is 1. The third kappa shape index (κ3) is 3.01. The summed E-state index contributed by atoms with van der Waals surface area (Å²) >= 11 is 0. The number of methoxy groups -OCH3 is 1. The molecule has 0 spiro atoms. The van der Waals surface area contributed by atoms with Crippen molar-refractivity contribution in [2.45, 2.75) is 0 Å². The number of benzene rings is 1. The van der Waals surface area contributed by atoms with Gasteiger partial charge in [0.1, 0.15) is 5.84 Å². The number of rotatable bonds is 5. The van der Waals surface area contributed by atoms with Crippen LogP contribution in [-0.2, 0) is 4.79 Å². The van der Waals surface area contributed by atoms with Crippen LogP contribution in [0.25, 0.3) is 0 Å². The lowest BCUT2D eigenvalue weighted by Crippen LogP contribution is -2.28. The first-order valence-corrected chi connectivity index (χ1v) is 6.42. The number of nitrogens with zero attached hydrogens (tertiary/aromatic N) is 2. The third-order valence-electron chi connectivity index (χ3n) is 2.97. The maximum Gasteiger partial charge on any atom is 0.259 e. The largest absolute Gasteiger partial charge is 0.493 e. The van der Waals surface area contributed by atoms with Crippen LogP contribution >= 0.6 is 0 Å². The van der Waals surface area contributed by atoms with Gasteiger partial charge in [-0.3, -0.25) is 9.79 Å². The van der Waals surface area contributed by atoms with Crippen molar-refractivity contribution in [2.24, 2.45) is 4.99 Å². The molecule has 0 radical (unpaired) electrons. The average molecular weight is 277 g/mol. The fourth-order valence-corrected chi connectivity index (χ4v) is 1.85. The van der Waals surface area contributed by atoms with E-state index in [2.05, 4.69) is 10.3 Å². The Bertz CT molecular complexity index is 526. The van der Waals surface area contributed by atoms with Gasteiger partial charge in [0, 0.05) is 20.6 Å². The van der Waals surface area contributed by atoms with E-state index in [1.54, 1.807) is 27.3 Å². The van der Waals surface area contributed by atoms with E-state index in [4.69, 9.17) is 9.47 Å². The van der Waals surface area contributed by atoms with Crippen molar-refractivity contribution in [2.75, 3.05) is 40.9 Å². The van der Waals surface area contributed by atoms with Crippen molar-refractivity contribution >= 4 is 11.7 Å². The van der Waals surface area contributed by atoms with E-state index < -0.39 is 0 Å². The van der Waals surface area contributed by atoms with Gasteiger partial charge < -0.3 is 19.7 Å². The number of amidine groups is 1. The summed E-state index contributed by atoms with van der Waals surface area (Å²) < 4.78 is 11.0. The first kappa shape index (κ1) is 14.2. The molecule has 0 atom stereocenters. The number of hydrogen-bond acceptors (Lipinski definition) is 5. The maximum atomic E-state index is 11.7. The van der Waals surface area contributed by atoms with Gasteiger partial charge in [0.05, 0.1) is 19.2 Å². The van der Waals surface area contributed by atoms with Gasteiger partial charge in [-0.1, -0.05) is 6.07 Å². The van der Waals surface area contributed by atoms with Crippen LogP contribution in [0.2, 0.25) is 0 Å². The van der Waals surface area contributed by atoms with Crippen molar-refractivity contribution in [3.8, 4) is 11.5 Å². The Morgan fingerprint density at radius 1 is 1.45 bits per heavy atom. The first-order chi connectivity index (χ1) is 9.63. The zero-order chi connectivity index (χ0) is 14.5. The van der Waals surface area contributed by atoms with Crippen LogP contribution in [0.3, 0.4) is 0 Å². The van der Waals surface area contributed by atoms with Crippen molar-refractivity contribution < 1.29 is 14.3 Å². The smallest absolute Gasteiger partial charge is 0.259 e. The van der Waals surface area contributed by atoms with E-state index in [0.717, 1.165) is 24.5 Å². The van der Waals surface area contributed by atoms with Gasteiger partial charge in [0.15, 0.2) is 18.1 Å². The fraction of sp³-hybridized carbons (Fsp3) is 0.429. The molecule has 1 aromatic carbocycles. The molecule has 0 fully saturated rings. The molecule has 1 aliphatic rings. The molecule has 1 heterocycles. The topological polar surface area (TPSA) is 63.2 Å². The van der Waals surface area contributed by atoms with Crippen molar-refractivity contribution in [3.63, 3.8) is 0 Å². The second-order valence-electron chi connectivity index (χ2n) is 4.57. The highest BCUT2D eigenvalue weighted by Gasteiger charge is 2.18. The summed E-state index contributed by atoms with van der Waals surface area (Å²) in [5.74, 6) is 1.79. The van der Waals surface area contributed by atoms with Gasteiger partial charge in [-0.05, 0) is 12.1 Å². The lowest BCUT2D eigenvalue weighted by atomic mass is 10.1. The quantitative estimate of drug-likeness (QED) is 0.852. The molecule has 0 bridgehead atoms. The summed E-state index contributed by atoms with van der Waals surface area (Å²) in [5.41, 5.74) is 0.813. The van der Waals surface area contributed by atoms with E-state index in [9.17, 15) is 4.79 Å². The van der Waals surface area contributed by atoms with Crippen molar-refractivity contribution in [1.29, 1.82) is 0 Å². The summed E-state index contributed by atoms with van der Waals surface area (Å²) in [4.78, 5) is 17.5. The molecule has 108 valence electrons. The predicted molar refractivity (Wildman–Crippen MR) is 76.6 cm³/mol. The molecule has 1 aromatic rings. The zero-order valence-corrected chi connectivity index (χ0v) is 12.0. The molecule has 1 aliphatic heterocycles. The number of likely N-dealkylation sites (N-methyl/N-ethyl adjacent to an activating group) is 1. The zero-order valence-electron chi connectivity index (χ0n) is 12.0. The lowest BCUT2D eigenvalue weighted by molar-refractivity contribution is -0.130. The summed E-state index contributed by atoms with van der Waals surface area (Å²) in [7, 11) is 4.96. The Morgan fingerprint density at radius 2 is 2.25 bits per heavy atom. The molecule has 0 saturated carbocycles. The van der Waals surface area contributed by atoms with Crippen LogP contribution in [0, 0.1) is 0 Å². The molecule has 20 heavy (non-hydrogen) atoms. The molecule has 0 unspecified atom stereocenters. The van der Waals surface area contributed by atoms with Crippen LogP contribution in [0.1, 0.15) is 5.56 Å². The van der Waals surface area contributed by atoms with Gasteiger partial charge in [0.25, 0.3) is 5.91 Å². The Hall–Kier alpha value is -2.24. The Kier molecular flexibility index (Phi) is 4.45. The number of hydrogen-bond donors (Lipinski definition) is 1. The molecule has 1 amide bonds. The number of aliphatic imine (C=N–C) groups is 1. The maximum absolute atomic E-state index is 11.7. The number of carbonyl (C=O) groups excluding carboxylic acids is 1. The molecule has 1 N–H and O–H groups in total. The van der Waals surface area contributed by atoms with Gasteiger partial charge in [0.2, 0.25) is 0 Å². The minimum absolute atomic E-state index is 0.0341. The van der Waals surface area contributed by atoms with Gasteiger partial charge in [-0.25, -0.2) is 0 Å². The molecular formula is C14H19N3O3. The van der Waals surface area contributed by atoms with Gasteiger partial charge in [-0.15, -0.1) is 0 Å². The lowest BCUT2D eigenvalue weighted by Gasteiger charge is -2.16. The average Bonchev–Trinajstić information content (AvgIpc) is 2.98. The molecule has 0 saturated heterocycles. The van der Waals surface area contributed by atoms with Gasteiger partial charge >= 0.3 is 0 Å². The van der Waals surface area contributed by atoms with Crippen LogP contribution < -0.4 is 14.8 Å². The Balaban J connectivity index is 2.26. The normalized spacial score (nSPS) is 13.4. The first-order valence-electron chi connectivity index (χ1n) is 6.42. The molecule has 0 aliphatic carbocycles. The van der Waals surface area contributed by atoms with E-state index in [0.29, 0.717) is 11.5 Å². The SMILES string of the molecule is COc1cccc(C2=NCCN2)c1OCC(=O)N(C)C. The fourth-order valence-electron chi connectivity index (χ4n) is 1.85. The molecular weight excluding hydrogens is 258 g/mol. The molecule has 0 aromatic heterocycles. The third-order valence-corrected chi connectivity index (χ3v) is 2.97. The predicted octanol–water partition coefficient (Wildman–Crippen LogP) is 0.512. The van der Waals surface area contributed by atoms with E-state index in [-0.39, 0.29) is 12.5 Å². The standard InChI is InChI=1S/C14H19N3O3/c1-17(2)12(18)9-20-13-10(14-15-7-8-16-14)5-4-6-11(13)19-3/h4-6H,7-9H2,1-3H3,(H,15,16). The minimum Gasteiger partial charge on any atom is -0.493 e. The van der Waals surface area contributed by atoms with Crippen molar-refractivity contribution in [1.82, 2.24) is 10.2 Å². The molecule has 6 nitrogen and oxygen atoms in total. The van der Waals surface area contributed by atoms with E-state index in [1.807, 2.05) is 12.1 Å². The Morgan fingerprint density at radius 3 is 2.85 bits per heavy atom. The highest BCUT2D eigenvalue weighted by Crippen LogP contribution is 2.31. The van der Waals surface area contributed by atoms with Crippen LogP contribution in [0.4, 0.5) is 0 Å². The minimum atomic E-state index is -0.108. The number of nitrogens with one attached hydrogen (secondary N) is 1. The Labute approximate surface area is 118 Å². The molecule has 2 rings (SSSR count). The molecule has 6 heteroatoms. The summed E-state index contributed by atoms with van der Waals surface area (Å²) in [6.07, 6.45) is 0. The number of ether oxygens (including phenoxy) is 2. The monoisotopic (exact) mass is 277 g/mol. The highest BCUT2D eigenvalue weighted by atomic mass is 16.5. The summed E-state index contributed by atoms with van der Waals surface area (Å²) in [6, 6.07) is 5.57. The van der Waals surface area contributed by atoms with E-state index >= 15 is 0 Å². The van der Waals surface area contributed by atoms with Crippen molar-refractivity contribution in [3.05, 3.63) is 23.8 Å². The summed E-state index contributed by atoms with van der Waals surface area (Å²) in [5, 5.41) is 3.19. The van der Waals surface area contributed by atoms with Crippen LogP contribution in [0.15, 0.2) is 23.2 Å².